The summed E-state index contributed by atoms with van der Waals surface area (Å²) in [5.74, 6) is -0.0221. The van der Waals surface area contributed by atoms with Crippen LogP contribution in [0.15, 0.2) is 36.8 Å². The fourth-order valence-electron chi connectivity index (χ4n) is 1.50. The number of nitrogens with one attached hydrogen (secondary N) is 1. The van der Waals surface area contributed by atoms with Crippen LogP contribution in [0, 0.1) is 6.92 Å². The monoisotopic (exact) mass is 230 g/mol. The number of nitrogens with zero attached hydrogens (tertiary/aromatic N) is 3. The molecule has 0 fully saturated rings. The number of hydrogen-bond acceptors (Lipinski definition) is 3. The molecule has 0 radical (unpaired) electrons. The van der Waals surface area contributed by atoms with Crippen molar-refractivity contribution in [1.82, 2.24) is 14.8 Å². The van der Waals surface area contributed by atoms with Crippen molar-refractivity contribution in [3.63, 3.8) is 0 Å². The van der Waals surface area contributed by atoms with Crippen LogP contribution in [-0.2, 0) is 11.3 Å². The third kappa shape index (κ3) is 3.14. The predicted octanol–water partition coefficient (Wildman–Crippen LogP) is 1.62. The summed E-state index contributed by atoms with van der Waals surface area (Å²) in [6.45, 7) is 2.56. The normalized spacial score (nSPS) is 10.2. The van der Waals surface area contributed by atoms with Gasteiger partial charge in [-0.25, -0.2) is 0 Å². The minimum absolute atomic E-state index is 0.0221. The summed E-state index contributed by atoms with van der Waals surface area (Å²) < 4.78 is 1.81. The smallest absolute Gasteiger partial charge is 0.226 e. The molecular formula is C12H14N4O. The molecule has 5 heteroatoms. The van der Waals surface area contributed by atoms with Crippen molar-refractivity contribution in [2.45, 2.75) is 19.9 Å². The van der Waals surface area contributed by atoms with Gasteiger partial charge in [-0.3, -0.25) is 14.5 Å². The van der Waals surface area contributed by atoms with Gasteiger partial charge < -0.3 is 5.32 Å². The van der Waals surface area contributed by atoms with Crippen molar-refractivity contribution in [2.24, 2.45) is 0 Å². The minimum Gasteiger partial charge on any atom is -0.326 e. The lowest BCUT2D eigenvalue weighted by molar-refractivity contribution is -0.116. The molecule has 1 amide bonds. The first kappa shape index (κ1) is 11.3. The van der Waals surface area contributed by atoms with Gasteiger partial charge in [0.1, 0.15) is 0 Å². The van der Waals surface area contributed by atoms with E-state index >= 15 is 0 Å². The summed E-state index contributed by atoms with van der Waals surface area (Å²) in [7, 11) is 0. The Balaban J connectivity index is 1.84. The topological polar surface area (TPSA) is 59.8 Å². The van der Waals surface area contributed by atoms with Crippen LogP contribution in [0.5, 0.6) is 0 Å². The zero-order chi connectivity index (χ0) is 12.1. The van der Waals surface area contributed by atoms with E-state index in [2.05, 4.69) is 15.4 Å². The third-order valence-electron chi connectivity index (χ3n) is 2.44. The van der Waals surface area contributed by atoms with Crippen LogP contribution >= 0.6 is 0 Å². The Morgan fingerprint density at radius 1 is 1.29 bits per heavy atom. The molecule has 2 rings (SSSR count). The summed E-state index contributed by atoms with van der Waals surface area (Å²) in [5, 5.41) is 6.93. The van der Waals surface area contributed by atoms with Crippen LogP contribution in [-0.4, -0.2) is 20.7 Å². The molecule has 0 saturated carbocycles. The largest absolute Gasteiger partial charge is 0.326 e. The number of carbonyl (C=O) groups is 1. The average molecular weight is 230 g/mol. The maximum atomic E-state index is 11.6. The summed E-state index contributed by atoms with van der Waals surface area (Å²) in [4.78, 5) is 15.5. The Morgan fingerprint density at radius 3 is 2.71 bits per heavy atom. The molecular weight excluding hydrogens is 216 g/mol. The maximum Gasteiger partial charge on any atom is 0.226 e. The highest BCUT2D eigenvalue weighted by Crippen LogP contribution is 2.04. The molecule has 2 heterocycles. The minimum atomic E-state index is -0.0221. The quantitative estimate of drug-likeness (QED) is 0.868. The Morgan fingerprint density at radius 2 is 2.06 bits per heavy atom. The van der Waals surface area contributed by atoms with Crippen LogP contribution < -0.4 is 5.32 Å². The molecule has 0 atom stereocenters. The Kier molecular flexibility index (Phi) is 3.49. The third-order valence-corrected chi connectivity index (χ3v) is 2.44. The highest BCUT2D eigenvalue weighted by atomic mass is 16.1. The van der Waals surface area contributed by atoms with Crippen molar-refractivity contribution in [3.8, 4) is 0 Å². The lowest BCUT2D eigenvalue weighted by Gasteiger charge is -2.06. The predicted molar refractivity (Wildman–Crippen MR) is 64.4 cm³/mol. The molecule has 0 aliphatic carbocycles. The molecule has 0 saturated heterocycles. The van der Waals surface area contributed by atoms with Crippen molar-refractivity contribution < 1.29 is 4.79 Å². The van der Waals surface area contributed by atoms with Crippen molar-refractivity contribution in [1.29, 1.82) is 0 Å². The van der Waals surface area contributed by atoms with Gasteiger partial charge in [-0.2, -0.15) is 5.10 Å². The van der Waals surface area contributed by atoms with Crippen LogP contribution in [0.4, 0.5) is 5.69 Å². The van der Waals surface area contributed by atoms with Crippen LogP contribution in [0.1, 0.15) is 12.1 Å². The van der Waals surface area contributed by atoms with Gasteiger partial charge in [-0.1, -0.05) is 0 Å². The van der Waals surface area contributed by atoms with E-state index in [1.807, 2.05) is 17.7 Å². The molecule has 0 aromatic carbocycles. The van der Waals surface area contributed by atoms with Crippen LogP contribution in [0.25, 0.3) is 0 Å². The fourth-order valence-corrected chi connectivity index (χ4v) is 1.50. The molecule has 1 N–H and O–H groups in total. The lowest BCUT2D eigenvalue weighted by atomic mass is 10.3. The van der Waals surface area contributed by atoms with Gasteiger partial charge in [0.15, 0.2) is 0 Å². The first-order valence-electron chi connectivity index (χ1n) is 5.44. The van der Waals surface area contributed by atoms with Gasteiger partial charge in [-0.15, -0.1) is 0 Å². The molecule has 0 aliphatic heterocycles. The Bertz CT molecular complexity index is 492. The van der Waals surface area contributed by atoms with Gasteiger partial charge in [0.05, 0.1) is 0 Å². The van der Waals surface area contributed by atoms with E-state index in [0.717, 1.165) is 11.4 Å². The molecule has 2 aromatic heterocycles. The van der Waals surface area contributed by atoms with E-state index in [9.17, 15) is 4.79 Å². The van der Waals surface area contributed by atoms with E-state index in [1.165, 1.54) is 0 Å². The van der Waals surface area contributed by atoms with Crippen molar-refractivity contribution >= 4 is 11.6 Å². The number of aromatic nitrogens is 3. The highest BCUT2D eigenvalue weighted by Gasteiger charge is 2.04. The molecule has 5 nitrogen and oxygen atoms in total. The molecule has 88 valence electrons. The maximum absolute atomic E-state index is 11.6. The number of anilines is 1. The average Bonchev–Trinajstić information content (AvgIpc) is 2.74. The number of aryl methyl sites for hydroxylation is 2. The van der Waals surface area contributed by atoms with E-state index in [4.69, 9.17) is 0 Å². The van der Waals surface area contributed by atoms with E-state index in [0.29, 0.717) is 13.0 Å². The molecule has 0 unspecified atom stereocenters. The molecule has 0 aliphatic rings. The number of carbonyl (C=O) groups excluding carboxylic acids is 1. The van der Waals surface area contributed by atoms with Gasteiger partial charge in [0, 0.05) is 42.9 Å². The molecule has 17 heavy (non-hydrogen) atoms. The van der Waals surface area contributed by atoms with Crippen LogP contribution in [0.3, 0.4) is 0 Å². The number of hydrogen-bond donors (Lipinski definition) is 1. The summed E-state index contributed by atoms with van der Waals surface area (Å²) in [6, 6.07) is 5.44. The van der Waals surface area contributed by atoms with Gasteiger partial charge >= 0.3 is 0 Å². The molecule has 0 spiro atoms. The van der Waals surface area contributed by atoms with Gasteiger partial charge in [0.2, 0.25) is 5.91 Å². The van der Waals surface area contributed by atoms with E-state index < -0.39 is 0 Å². The molecule has 0 bridgehead atoms. The molecule has 2 aromatic rings. The number of rotatable bonds is 4. The van der Waals surface area contributed by atoms with Crippen LogP contribution in [0.2, 0.25) is 0 Å². The second-order valence-electron chi connectivity index (χ2n) is 3.73. The summed E-state index contributed by atoms with van der Waals surface area (Å²) in [5.41, 5.74) is 1.82. The SMILES string of the molecule is Cc1ccnn1CCC(=O)Nc1ccncc1. The fraction of sp³-hybridized carbons (Fsp3) is 0.250. The standard InChI is InChI=1S/C12H14N4O/c1-10-2-8-14-16(10)9-5-12(17)15-11-3-6-13-7-4-11/h2-4,6-8H,5,9H2,1H3,(H,13,15,17). The zero-order valence-corrected chi connectivity index (χ0v) is 9.63. The first-order valence-corrected chi connectivity index (χ1v) is 5.44. The first-order chi connectivity index (χ1) is 8.25. The summed E-state index contributed by atoms with van der Waals surface area (Å²) in [6.07, 6.45) is 5.43. The second kappa shape index (κ2) is 5.25. The number of pyridine rings is 1. The lowest BCUT2D eigenvalue weighted by Crippen LogP contribution is -2.15. The Hall–Kier alpha value is -2.17. The summed E-state index contributed by atoms with van der Waals surface area (Å²) >= 11 is 0. The van der Waals surface area contributed by atoms with E-state index in [1.54, 1.807) is 30.7 Å². The van der Waals surface area contributed by atoms with E-state index in [-0.39, 0.29) is 5.91 Å². The van der Waals surface area contributed by atoms with Crippen molar-refractivity contribution in [2.75, 3.05) is 5.32 Å². The van der Waals surface area contributed by atoms with Gasteiger partial charge in [0.25, 0.3) is 0 Å². The Labute approximate surface area is 99.5 Å². The van der Waals surface area contributed by atoms with Crippen molar-refractivity contribution in [3.05, 3.63) is 42.5 Å². The highest BCUT2D eigenvalue weighted by molar-refractivity contribution is 5.90. The zero-order valence-electron chi connectivity index (χ0n) is 9.63. The number of amides is 1. The second-order valence-corrected chi connectivity index (χ2v) is 3.73. The van der Waals surface area contributed by atoms with Gasteiger partial charge in [-0.05, 0) is 25.1 Å².